The summed E-state index contributed by atoms with van der Waals surface area (Å²) in [6.07, 6.45) is 4.82. The summed E-state index contributed by atoms with van der Waals surface area (Å²) < 4.78 is 5.88. The molecule has 0 amide bonds. The molecule has 2 heterocycles. The lowest BCUT2D eigenvalue weighted by Crippen LogP contribution is -2.46. The van der Waals surface area contributed by atoms with Crippen molar-refractivity contribution < 1.29 is 4.74 Å². The zero-order chi connectivity index (χ0) is 17.9. The number of pyridine rings is 1. The van der Waals surface area contributed by atoms with Crippen molar-refractivity contribution in [1.82, 2.24) is 20.5 Å². The molecular weight excluding hydrogens is 441 g/mol. The van der Waals surface area contributed by atoms with Crippen LogP contribution >= 0.6 is 24.0 Å². The van der Waals surface area contributed by atoms with Crippen LogP contribution in [0.5, 0.6) is 0 Å². The van der Waals surface area contributed by atoms with Crippen molar-refractivity contribution in [3.63, 3.8) is 0 Å². The Balaban J connectivity index is 0.00000338. The zero-order valence-electron chi connectivity index (χ0n) is 16.3. The Morgan fingerprint density at radius 1 is 1.42 bits per heavy atom. The molecule has 0 aromatic carbocycles. The van der Waals surface area contributed by atoms with Crippen LogP contribution in [0, 0.1) is 5.92 Å². The van der Waals surface area contributed by atoms with E-state index in [9.17, 15) is 0 Å². The number of hydrogen-bond donors (Lipinski definition) is 2. The first-order valence-electron chi connectivity index (χ1n) is 9.42. The number of nitrogens with one attached hydrogen (secondary N) is 2. The lowest BCUT2D eigenvalue weighted by molar-refractivity contribution is -0.0261. The smallest absolute Gasteiger partial charge is 0.191 e. The van der Waals surface area contributed by atoms with Crippen LogP contribution in [0.4, 0.5) is 0 Å². The molecule has 1 aliphatic rings. The summed E-state index contributed by atoms with van der Waals surface area (Å²) in [7, 11) is 0. The Hall–Kier alpha value is -0.930. The second-order valence-electron chi connectivity index (χ2n) is 6.90. The molecule has 1 saturated heterocycles. The monoisotopic (exact) mass is 475 g/mol. The second kappa shape index (κ2) is 13.3. The molecule has 0 aliphatic carbocycles. The number of morpholine rings is 1. The molecule has 2 N–H and O–H groups in total. The molecule has 1 aromatic rings. The maximum absolute atomic E-state index is 5.88. The standard InChI is InChI=1S/C19H33N5O.HI/c1-4-21-19(22-9-7-17-6-5-8-20-12-17)23-13-18-15-24(10-11-25-18)14-16(2)3;/h5-6,8,12,16,18H,4,7,9-11,13-15H2,1-3H3,(H2,21,22,23);1H. The van der Waals surface area contributed by atoms with Gasteiger partial charge in [-0.05, 0) is 30.9 Å². The van der Waals surface area contributed by atoms with E-state index >= 15 is 0 Å². The Bertz CT molecular complexity index is 512. The van der Waals surface area contributed by atoms with Gasteiger partial charge < -0.3 is 15.4 Å². The van der Waals surface area contributed by atoms with Crippen molar-refractivity contribution in [3.8, 4) is 0 Å². The highest BCUT2D eigenvalue weighted by Gasteiger charge is 2.20. The Morgan fingerprint density at radius 2 is 2.27 bits per heavy atom. The van der Waals surface area contributed by atoms with E-state index in [1.807, 2.05) is 12.3 Å². The number of aliphatic imine (C=N–C) groups is 1. The first-order chi connectivity index (χ1) is 12.2. The van der Waals surface area contributed by atoms with Crippen LogP contribution in [-0.2, 0) is 11.2 Å². The highest BCUT2D eigenvalue weighted by Crippen LogP contribution is 2.08. The van der Waals surface area contributed by atoms with Crippen molar-refractivity contribution in [2.45, 2.75) is 33.3 Å². The summed E-state index contributed by atoms with van der Waals surface area (Å²) in [6.45, 7) is 12.9. The molecule has 0 saturated carbocycles. The number of guanidine groups is 1. The van der Waals surface area contributed by atoms with Crippen LogP contribution in [0.15, 0.2) is 29.5 Å². The van der Waals surface area contributed by atoms with Gasteiger partial charge in [0.2, 0.25) is 0 Å². The van der Waals surface area contributed by atoms with Gasteiger partial charge >= 0.3 is 0 Å². The van der Waals surface area contributed by atoms with Gasteiger partial charge in [-0.1, -0.05) is 19.9 Å². The number of aromatic nitrogens is 1. The number of rotatable bonds is 8. The van der Waals surface area contributed by atoms with Crippen LogP contribution in [0.2, 0.25) is 0 Å². The molecule has 6 nitrogen and oxygen atoms in total. The van der Waals surface area contributed by atoms with E-state index < -0.39 is 0 Å². The molecule has 26 heavy (non-hydrogen) atoms. The van der Waals surface area contributed by atoms with Crippen molar-refractivity contribution in [3.05, 3.63) is 30.1 Å². The van der Waals surface area contributed by atoms with Crippen LogP contribution in [0.1, 0.15) is 26.3 Å². The van der Waals surface area contributed by atoms with Gasteiger partial charge in [0.05, 0.1) is 19.3 Å². The summed E-state index contributed by atoms with van der Waals surface area (Å²) in [5, 5.41) is 6.70. The van der Waals surface area contributed by atoms with E-state index in [-0.39, 0.29) is 30.1 Å². The lowest BCUT2D eigenvalue weighted by Gasteiger charge is -2.33. The first-order valence-corrected chi connectivity index (χ1v) is 9.42. The summed E-state index contributed by atoms with van der Waals surface area (Å²) in [6, 6.07) is 4.07. The fourth-order valence-corrected chi connectivity index (χ4v) is 2.98. The van der Waals surface area contributed by atoms with Gasteiger partial charge in [-0.3, -0.25) is 14.9 Å². The second-order valence-corrected chi connectivity index (χ2v) is 6.90. The van der Waals surface area contributed by atoms with E-state index in [1.165, 1.54) is 5.56 Å². The summed E-state index contributed by atoms with van der Waals surface area (Å²) in [5.41, 5.74) is 1.23. The summed E-state index contributed by atoms with van der Waals surface area (Å²) in [5.74, 6) is 1.55. The minimum atomic E-state index is 0. The minimum Gasteiger partial charge on any atom is -0.374 e. The van der Waals surface area contributed by atoms with Crippen molar-refractivity contribution in [1.29, 1.82) is 0 Å². The Labute approximate surface area is 175 Å². The number of nitrogens with zero attached hydrogens (tertiary/aromatic N) is 3. The van der Waals surface area contributed by atoms with Crippen LogP contribution in [-0.4, -0.2) is 67.8 Å². The van der Waals surface area contributed by atoms with Gasteiger partial charge in [0.1, 0.15) is 0 Å². The van der Waals surface area contributed by atoms with E-state index in [0.29, 0.717) is 12.5 Å². The van der Waals surface area contributed by atoms with Crippen LogP contribution in [0.25, 0.3) is 0 Å². The Kier molecular flexibility index (Phi) is 11.8. The number of halogens is 1. The molecular formula is C19H34IN5O. The fourth-order valence-electron chi connectivity index (χ4n) is 2.98. The largest absolute Gasteiger partial charge is 0.374 e. The third-order valence-electron chi connectivity index (χ3n) is 4.07. The molecule has 1 aromatic heterocycles. The van der Waals surface area contributed by atoms with Gasteiger partial charge in [0.25, 0.3) is 0 Å². The Morgan fingerprint density at radius 3 is 2.96 bits per heavy atom. The van der Waals surface area contributed by atoms with Gasteiger partial charge in [-0.2, -0.15) is 0 Å². The normalized spacial score (nSPS) is 18.5. The average Bonchev–Trinajstić information content (AvgIpc) is 2.60. The SMILES string of the molecule is CCNC(=NCC1CN(CC(C)C)CCO1)NCCc1cccnc1.I. The van der Waals surface area contributed by atoms with Crippen molar-refractivity contribution in [2.75, 3.05) is 45.9 Å². The van der Waals surface area contributed by atoms with Gasteiger partial charge in [0, 0.05) is 45.1 Å². The molecule has 1 unspecified atom stereocenters. The molecule has 148 valence electrons. The highest BCUT2D eigenvalue weighted by atomic mass is 127. The molecule has 1 aliphatic heterocycles. The minimum absolute atomic E-state index is 0. The van der Waals surface area contributed by atoms with E-state index in [1.54, 1.807) is 6.20 Å². The molecule has 2 rings (SSSR count). The zero-order valence-corrected chi connectivity index (χ0v) is 18.6. The van der Waals surface area contributed by atoms with Gasteiger partial charge in [-0.15, -0.1) is 24.0 Å². The molecule has 0 spiro atoms. The average molecular weight is 475 g/mol. The molecule has 1 atom stereocenters. The van der Waals surface area contributed by atoms with Crippen LogP contribution < -0.4 is 10.6 Å². The first kappa shape index (κ1) is 23.1. The maximum Gasteiger partial charge on any atom is 0.191 e. The summed E-state index contributed by atoms with van der Waals surface area (Å²) in [4.78, 5) is 11.3. The summed E-state index contributed by atoms with van der Waals surface area (Å²) >= 11 is 0. The third kappa shape index (κ3) is 9.14. The topological polar surface area (TPSA) is 61.8 Å². The predicted molar refractivity (Wildman–Crippen MR) is 118 cm³/mol. The maximum atomic E-state index is 5.88. The van der Waals surface area contributed by atoms with Gasteiger partial charge in [0.15, 0.2) is 5.96 Å². The van der Waals surface area contributed by atoms with Crippen molar-refractivity contribution in [2.24, 2.45) is 10.9 Å². The number of hydrogen-bond acceptors (Lipinski definition) is 4. The molecule has 1 fully saturated rings. The molecule has 0 bridgehead atoms. The van der Waals surface area contributed by atoms with Crippen LogP contribution in [0.3, 0.4) is 0 Å². The van der Waals surface area contributed by atoms with Gasteiger partial charge in [-0.25, -0.2) is 0 Å². The van der Waals surface area contributed by atoms with Crippen molar-refractivity contribution >= 4 is 29.9 Å². The van der Waals surface area contributed by atoms with E-state index in [4.69, 9.17) is 9.73 Å². The quantitative estimate of drug-likeness (QED) is 0.343. The third-order valence-corrected chi connectivity index (χ3v) is 4.07. The molecule has 0 radical (unpaired) electrons. The fraction of sp³-hybridized carbons (Fsp3) is 0.684. The highest BCUT2D eigenvalue weighted by molar-refractivity contribution is 14.0. The molecule has 7 heteroatoms. The number of ether oxygens (including phenoxy) is 1. The lowest BCUT2D eigenvalue weighted by atomic mass is 10.2. The van der Waals surface area contributed by atoms with E-state index in [0.717, 1.165) is 51.7 Å². The van der Waals surface area contributed by atoms with E-state index in [2.05, 4.69) is 47.4 Å². The predicted octanol–water partition coefficient (Wildman–Crippen LogP) is 2.15.